The zero-order chi connectivity index (χ0) is 12.9. The lowest BCUT2D eigenvalue weighted by molar-refractivity contribution is -0.121. The minimum absolute atomic E-state index is 0.0960. The number of aliphatic hydroxyl groups excluding tert-OH is 1. The Morgan fingerprint density at radius 2 is 2.24 bits per heavy atom. The highest BCUT2D eigenvalue weighted by Crippen LogP contribution is 2.18. The number of hydrogen-bond donors (Lipinski definition) is 2. The summed E-state index contributed by atoms with van der Waals surface area (Å²) in [6.07, 6.45) is 3.09. The minimum Gasteiger partial charge on any atom is -0.391 e. The van der Waals surface area contributed by atoms with Crippen LogP contribution < -0.4 is 5.32 Å². The fourth-order valence-corrected chi connectivity index (χ4v) is 1.27. The Bertz CT molecular complexity index is 357. The van der Waals surface area contributed by atoms with Gasteiger partial charge in [-0.25, -0.2) is 0 Å². The number of amides is 1. The van der Waals surface area contributed by atoms with Gasteiger partial charge in [-0.05, 0) is 17.0 Å². The maximum Gasteiger partial charge on any atom is 0.224 e. The highest BCUT2D eigenvalue weighted by Gasteiger charge is 2.22. The zero-order valence-electron chi connectivity index (χ0n) is 10.6. The van der Waals surface area contributed by atoms with E-state index in [9.17, 15) is 9.90 Å². The molecule has 0 aromatic carbocycles. The van der Waals surface area contributed by atoms with Crippen LogP contribution in [0, 0.1) is 5.41 Å². The Morgan fingerprint density at radius 3 is 2.76 bits per heavy atom. The van der Waals surface area contributed by atoms with E-state index in [-0.39, 0.29) is 17.9 Å². The molecule has 0 spiro atoms. The van der Waals surface area contributed by atoms with Crippen LogP contribution in [0.1, 0.15) is 26.3 Å². The quantitative estimate of drug-likeness (QED) is 0.824. The van der Waals surface area contributed by atoms with E-state index in [0.717, 1.165) is 5.56 Å². The average Bonchev–Trinajstić information content (AvgIpc) is 2.26. The fraction of sp³-hybridized carbons (Fsp3) is 0.538. The number of rotatable bonds is 4. The van der Waals surface area contributed by atoms with Crippen molar-refractivity contribution in [3.8, 4) is 0 Å². The van der Waals surface area contributed by atoms with Gasteiger partial charge in [0.2, 0.25) is 5.91 Å². The Labute approximate surface area is 102 Å². The summed E-state index contributed by atoms with van der Waals surface area (Å²) in [7, 11) is 0. The van der Waals surface area contributed by atoms with Gasteiger partial charge in [-0.2, -0.15) is 0 Å². The second kappa shape index (κ2) is 5.77. The van der Waals surface area contributed by atoms with Crippen molar-refractivity contribution in [2.75, 3.05) is 6.54 Å². The van der Waals surface area contributed by atoms with Crippen molar-refractivity contribution in [1.29, 1.82) is 0 Å². The van der Waals surface area contributed by atoms with Gasteiger partial charge >= 0.3 is 0 Å². The summed E-state index contributed by atoms with van der Waals surface area (Å²) in [5.41, 5.74) is 0.650. The predicted octanol–water partition coefficient (Wildman–Crippen LogP) is 1.15. The molecule has 0 saturated heterocycles. The van der Waals surface area contributed by atoms with Crippen molar-refractivity contribution in [3.63, 3.8) is 0 Å². The van der Waals surface area contributed by atoms with E-state index in [1.54, 1.807) is 18.5 Å². The zero-order valence-corrected chi connectivity index (χ0v) is 10.6. The Balaban J connectivity index is 2.36. The summed E-state index contributed by atoms with van der Waals surface area (Å²) in [6.45, 7) is 6.09. The van der Waals surface area contributed by atoms with E-state index in [4.69, 9.17) is 0 Å². The second-order valence-electron chi connectivity index (χ2n) is 5.22. The maximum atomic E-state index is 11.6. The van der Waals surface area contributed by atoms with E-state index < -0.39 is 6.10 Å². The summed E-state index contributed by atoms with van der Waals surface area (Å²) in [5, 5.41) is 12.5. The molecule has 0 aliphatic rings. The molecular weight excluding hydrogens is 216 g/mol. The van der Waals surface area contributed by atoms with Gasteiger partial charge in [0.05, 0.1) is 12.5 Å². The average molecular weight is 236 g/mol. The molecule has 1 rings (SSSR count). The number of aromatic nitrogens is 1. The third kappa shape index (κ3) is 4.95. The monoisotopic (exact) mass is 236 g/mol. The summed E-state index contributed by atoms with van der Waals surface area (Å²) in [4.78, 5) is 15.5. The molecule has 4 nitrogen and oxygen atoms in total. The molecule has 0 aliphatic carbocycles. The number of carbonyl (C=O) groups excluding carboxylic acids is 1. The molecular formula is C13H20N2O2. The maximum absolute atomic E-state index is 11.6. The van der Waals surface area contributed by atoms with Crippen molar-refractivity contribution in [3.05, 3.63) is 30.1 Å². The van der Waals surface area contributed by atoms with Gasteiger partial charge < -0.3 is 10.4 Å². The number of hydrogen-bond acceptors (Lipinski definition) is 3. The fourth-order valence-electron chi connectivity index (χ4n) is 1.27. The van der Waals surface area contributed by atoms with Crippen molar-refractivity contribution in [2.45, 2.75) is 33.3 Å². The standard InChI is InChI=1S/C13H20N2O2/c1-13(2,3)11(16)9-15-12(17)7-10-5-4-6-14-8-10/h4-6,8,11,16H,7,9H2,1-3H3,(H,15,17). The number of pyridine rings is 1. The molecule has 1 aromatic rings. The molecule has 1 heterocycles. The molecule has 94 valence electrons. The summed E-state index contributed by atoms with van der Waals surface area (Å²) in [6, 6.07) is 3.65. The van der Waals surface area contributed by atoms with Crippen LogP contribution in [0.3, 0.4) is 0 Å². The van der Waals surface area contributed by atoms with Gasteiger partial charge in [0.25, 0.3) is 0 Å². The molecule has 0 radical (unpaired) electrons. The molecule has 0 bridgehead atoms. The van der Waals surface area contributed by atoms with Crippen molar-refractivity contribution >= 4 is 5.91 Å². The highest BCUT2D eigenvalue weighted by molar-refractivity contribution is 5.78. The van der Waals surface area contributed by atoms with Crippen LogP contribution >= 0.6 is 0 Å². The lowest BCUT2D eigenvalue weighted by atomic mass is 9.89. The first-order valence-electron chi connectivity index (χ1n) is 5.73. The summed E-state index contributed by atoms with van der Waals surface area (Å²) >= 11 is 0. The molecule has 1 atom stereocenters. The number of carbonyl (C=O) groups is 1. The van der Waals surface area contributed by atoms with E-state index in [2.05, 4.69) is 10.3 Å². The lowest BCUT2D eigenvalue weighted by Gasteiger charge is -2.25. The molecule has 1 aromatic heterocycles. The Morgan fingerprint density at radius 1 is 1.53 bits per heavy atom. The molecule has 2 N–H and O–H groups in total. The number of nitrogens with one attached hydrogen (secondary N) is 1. The molecule has 1 unspecified atom stereocenters. The first kappa shape index (κ1) is 13.6. The Kier molecular flexibility index (Phi) is 4.63. The van der Waals surface area contributed by atoms with Crippen LogP contribution in [0.4, 0.5) is 0 Å². The first-order valence-corrected chi connectivity index (χ1v) is 5.73. The van der Waals surface area contributed by atoms with Gasteiger partial charge in [-0.1, -0.05) is 26.8 Å². The van der Waals surface area contributed by atoms with Crippen LogP contribution in [-0.4, -0.2) is 28.6 Å². The summed E-state index contributed by atoms with van der Waals surface area (Å²) in [5.74, 6) is -0.0960. The van der Waals surface area contributed by atoms with E-state index in [0.29, 0.717) is 6.42 Å². The van der Waals surface area contributed by atoms with Crippen LogP contribution in [0.15, 0.2) is 24.5 Å². The second-order valence-corrected chi connectivity index (χ2v) is 5.22. The van der Waals surface area contributed by atoms with Gasteiger partial charge in [-0.3, -0.25) is 9.78 Å². The predicted molar refractivity (Wildman–Crippen MR) is 66.4 cm³/mol. The van der Waals surface area contributed by atoms with Gasteiger partial charge in [-0.15, -0.1) is 0 Å². The largest absolute Gasteiger partial charge is 0.391 e. The number of nitrogens with zero attached hydrogens (tertiary/aromatic N) is 1. The third-order valence-corrected chi connectivity index (χ3v) is 2.58. The topological polar surface area (TPSA) is 62.2 Å². The van der Waals surface area contributed by atoms with Crippen LogP contribution in [-0.2, 0) is 11.2 Å². The lowest BCUT2D eigenvalue weighted by Crippen LogP contribution is -2.39. The molecule has 1 amide bonds. The van der Waals surface area contributed by atoms with E-state index in [1.807, 2.05) is 26.8 Å². The van der Waals surface area contributed by atoms with Crippen molar-refractivity contribution in [2.24, 2.45) is 5.41 Å². The van der Waals surface area contributed by atoms with Crippen LogP contribution in [0.5, 0.6) is 0 Å². The molecule has 0 aliphatic heterocycles. The van der Waals surface area contributed by atoms with Gasteiger partial charge in [0.15, 0.2) is 0 Å². The van der Waals surface area contributed by atoms with Crippen LogP contribution in [0.25, 0.3) is 0 Å². The normalized spacial score (nSPS) is 13.2. The minimum atomic E-state index is -0.541. The Hall–Kier alpha value is -1.42. The smallest absolute Gasteiger partial charge is 0.224 e. The summed E-state index contributed by atoms with van der Waals surface area (Å²) < 4.78 is 0. The third-order valence-electron chi connectivity index (χ3n) is 2.58. The SMILES string of the molecule is CC(C)(C)C(O)CNC(=O)Cc1cccnc1. The highest BCUT2D eigenvalue weighted by atomic mass is 16.3. The molecule has 4 heteroatoms. The van der Waals surface area contributed by atoms with Gasteiger partial charge in [0.1, 0.15) is 0 Å². The molecule has 0 saturated carbocycles. The van der Waals surface area contributed by atoms with Crippen LogP contribution in [0.2, 0.25) is 0 Å². The van der Waals surface area contributed by atoms with E-state index >= 15 is 0 Å². The van der Waals surface area contributed by atoms with Crippen molar-refractivity contribution < 1.29 is 9.90 Å². The van der Waals surface area contributed by atoms with Gasteiger partial charge in [0, 0.05) is 18.9 Å². The first-order chi connectivity index (χ1) is 7.89. The molecule has 17 heavy (non-hydrogen) atoms. The number of aliphatic hydroxyl groups is 1. The van der Waals surface area contributed by atoms with E-state index in [1.165, 1.54) is 0 Å². The molecule has 0 fully saturated rings. The van der Waals surface area contributed by atoms with Crippen molar-refractivity contribution in [1.82, 2.24) is 10.3 Å².